The molecular formula is C6H5ClNS. The summed E-state index contributed by atoms with van der Waals surface area (Å²) in [6.07, 6.45) is 5.29. The van der Waals surface area contributed by atoms with Crippen LogP contribution in [0.25, 0.3) is 0 Å². The molecule has 0 atom stereocenters. The second kappa shape index (κ2) is 3.08. The summed E-state index contributed by atoms with van der Waals surface area (Å²) in [7, 11) is 0. The summed E-state index contributed by atoms with van der Waals surface area (Å²) in [6.45, 7) is 0. The van der Waals surface area contributed by atoms with Gasteiger partial charge in [0.2, 0.25) is 0 Å². The van der Waals surface area contributed by atoms with Crippen molar-refractivity contribution in [2.75, 3.05) is 0 Å². The van der Waals surface area contributed by atoms with Gasteiger partial charge in [-0.05, 0) is 12.1 Å². The SMILES string of the molecule is [CH2]Sc1ccnc(Cl)c1. The average molecular weight is 159 g/mol. The minimum atomic E-state index is 0.517. The normalized spacial score (nSPS) is 9.56. The summed E-state index contributed by atoms with van der Waals surface area (Å²) in [5.74, 6) is 0. The van der Waals surface area contributed by atoms with Crippen LogP contribution >= 0.6 is 23.4 Å². The lowest BCUT2D eigenvalue weighted by Crippen LogP contribution is -1.72. The third-order valence-electron chi connectivity index (χ3n) is 0.865. The van der Waals surface area contributed by atoms with Crippen LogP contribution < -0.4 is 0 Å². The van der Waals surface area contributed by atoms with Gasteiger partial charge in [0.1, 0.15) is 5.15 Å². The van der Waals surface area contributed by atoms with E-state index >= 15 is 0 Å². The van der Waals surface area contributed by atoms with Gasteiger partial charge in [-0.1, -0.05) is 11.6 Å². The zero-order valence-electron chi connectivity index (χ0n) is 4.67. The highest BCUT2D eigenvalue weighted by molar-refractivity contribution is 8.00. The Hall–Kier alpha value is -0.210. The lowest BCUT2D eigenvalue weighted by Gasteiger charge is -1.92. The van der Waals surface area contributed by atoms with Crippen LogP contribution in [0, 0.1) is 6.26 Å². The molecule has 0 unspecified atom stereocenters. The Morgan fingerprint density at radius 3 is 2.89 bits per heavy atom. The number of aromatic nitrogens is 1. The third-order valence-corrected chi connectivity index (χ3v) is 1.66. The average Bonchev–Trinajstić information content (AvgIpc) is 1.88. The quantitative estimate of drug-likeness (QED) is 0.461. The smallest absolute Gasteiger partial charge is 0.130 e. The number of nitrogens with zero attached hydrogens (tertiary/aromatic N) is 1. The second-order valence-corrected chi connectivity index (χ2v) is 2.61. The molecular weight excluding hydrogens is 154 g/mol. The van der Waals surface area contributed by atoms with Gasteiger partial charge in [0.25, 0.3) is 0 Å². The molecule has 47 valence electrons. The number of hydrogen-bond acceptors (Lipinski definition) is 2. The van der Waals surface area contributed by atoms with Crippen molar-refractivity contribution < 1.29 is 0 Å². The Morgan fingerprint density at radius 2 is 2.44 bits per heavy atom. The molecule has 1 heterocycles. The van der Waals surface area contributed by atoms with E-state index < -0.39 is 0 Å². The van der Waals surface area contributed by atoms with Gasteiger partial charge in [0.05, 0.1) is 0 Å². The number of hydrogen-bond donors (Lipinski definition) is 0. The molecule has 0 saturated heterocycles. The minimum Gasteiger partial charge on any atom is -0.244 e. The number of thioether (sulfide) groups is 1. The minimum absolute atomic E-state index is 0.517. The van der Waals surface area contributed by atoms with Crippen molar-refractivity contribution >= 4 is 23.4 Å². The Bertz CT molecular complexity index is 202. The van der Waals surface area contributed by atoms with E-state index in [1.165, 1.54) is 11.8 Å². The molecule has 9 heavy (non-hydrogen) atoms. The van der Waals surface area contributed by atoms with Crippen molar-refractivity contribution in [1.82, 2.24) is 4.98 Å². The van der Waals surface area contributed by atoms with Crippen LogP contribution in [-0.4, -0.2) is 4.98 Å². The highest BCUT2D eigenvalue weighted by Gasteiger charge is 1.89. The standard InChI is InChI=1S/C6H5ClNS/c1-9-5-2-3-8-6(7)4-5/h2-4H,1H2. The predicted molar refractivity (Wildman–Crippen MR) is 40.5 cm³/mol. The summed E-state index contributed by atoms with van der Waals surface area (Å²) in [6, 6.07) is 3.64. The van der Waals surface area contributed by atoms with Crippen molar-refractivity contribution in [2.24, 2.45) is 0 Å². The first kappa shape index (κ1) is 6.90. The van der Waals surface area contributed by atoms with Crippen LogP contribution in [0.4, 0.5) is 0 Å². The van der Waals surface area contributed by atoms with E-state index in [4.69, 9.17) is 11.6 Å². The first-order chi connectivity index (χ1) is 4.33. The summed E-state index contributed by atoms with van der Waals surface area (Å²) >= 11 is 6.98. The van der Waals surface area contributed by atoms with Crippen LogP contribution in [0.15, 0.2) is 23.2 Å². The summed E-state index contributed by atoms with van der Waals surface area (Å²) in [4.78, 5) is 4.85. The molecule has 0 aliphatic carbocycles. The highest BCUT2D eigenvalue weighted by atomic mass is 35.5. The molecule has 0 spiro atoms. The summed E-state index contributed by atoms with van der Waals surface area (Å²) in [5, 5.41) is 0.517. The monoisotopic (exact) mass is 158 g/mol. The fraction of sp³-hybridized carbons (Fsp3) is 0. The van der Waals surface area contributed by atoms with E-state index in [2.05, 4.69) is 11.2 Å². The number of rotatable bonds is 1. The van der Waals surface area contributed by atoms with Crippen molar-refractivity contribution in [3.63, 3.8) is 0 Å². The van der Waals surface area contributed by atoms with E-state index in [-0.39, 0.29) is 0 Å². The van der Waals surface area contributed by atoms with Gasteiger partial charge in [-0.15, -0.1) is 11.8 Å². The maximum absolute atomic E-state index is 5.57. The molecule has 0 saturated carbocycles. The zero-order valence-corrected chi connectivity index (χ0v) is 6.25. The molecule has 0 fully saturated rings. The fourth-order valence-corrected chi connectivity index (χ4v) is 1.07. The number of halogens is 1. The highest BCUT2D eigenvalue weighted by Crippen LogP contribution is 2.17. The molecule has 0 bridgehead atoms. The van der Waals surface area contributed by atoms with Crippen molar-refractivity contribution in [2.45, 2.75) is 4.90 Å². The van der Waals surface area contributed by atoms with Crippen molar-refractivity contribution in [3.05, 3.63) is 29.7 Å². The number of pyridine rings is 1. The van der Waals surface area contributed by atoms with Crippen molar-refractivity contribution in [3.8, 4) is 0 Å². The maximum atomic E-state index is 5.57. The first-order valence-electron chi connectivity index (χ1n) is 2.36. The Labute approximate surface area is 63.4 Å². The largest absolute Gasteiger partial charge is 0.244 e. The van der Waals surface area contributed by atoms with E-state index in [0.717, 1.165) is 4.90 Å². The van der Waals surface area contributed by atoms with Gasteiger partial charge in [0, 0.05) is 17.3 Å². The molecule has 1 aromatic heterocycles. The van der Waals surface area contributed by atoms with Gasteiger partial charge in [-0.2, -0.15) is 0 Å². The van der Waals surface area contributed by atoms with Gasteiger partial charge in [0.15, 0.2) is 0 Å². The summed E-state index contributed by atoms with van der Waals surface area (Å²) < 4.78 is 0. The summed E-state index contributed by atoms with van der Waals surface area (Å²) in [5.41, 5.74) is 0. The van der Waals surface area contributed by atoms with Gasteiger partial charge >= 0.3 is 0 Å². The zero-order chi connectivity index (χ0) is 6.69. The van der Waals surface area contributed by atoms with Crippen LogP contribution in [0.2, 0.25) is 5.15 Å². The van der Waals surface area contributed by atoms with E-state index in [0.29, 0.717) is 5.15 Å². The Morgan fingerprint density at radius 1 is 1.67 bits per heavy atom. The van der Waals surface area contributed by atoms with Gasteiger partial charge in [-0.3, -0.25) is 0 Å². The molecule has 3 heteroatoms. The predicted octanol–water partition coefficient (Wildman–Crippen LogP) is 2.62. The lowest BCUT2D eigenvalue weighted by molar-refractivity contribution is 1.27. The van der Waals surface area contributed by atoms with Crippen LogP contribution in [0.5, 0.6) is 0 Å². The topological polar surface area (TPSA) is 12.9 Å². The molecule has 0 amide bonds. The van der Waals surface area contributed by atoms with Gasteiger partial charge in [-0.25, -0.2) is 4.98 Å². The van der Waals surface area contributed by atoms with E-state index in [1.807, 2.05) is 6.07 Å². The Kier molecular flexibility index (Phi) is 2.37. The van der Waals surface area contributed by atoms with Crippen LogP contribution in [0.1, 0.15) is 0 Å². The molecule has 1 aromatic rings. The lowest BCUT2D eigenvalue weighted by atomic mass is 10.5. The fourth-order valence-electron chi connectivity index (χ4n) is 0.474. The molecule has 0 aliphatic heterocycles. The molecule has 0 aliphatic rings. The molecule has 1 nitrogen and oxygen atoms in total. The molecule has 1 rings (SSSR count). The van der Waals surface area contributed by atoms with Crippen molar-refractivity contribution in [1.29, 1.82) is 0 Å². The molecule has 0 aromatic carbocycles. The van der Waals surface area contributed by atoms with E-state index in [9.17, 15) is 0 Å². The second-order valence-electron chi connectivity index (χ2n) is 1.46. The molecule has 0 N–H and O–H groups in total. The maximum Gasteiger partial charge on any atom is 0.130 e. The third kappa shape index (κ3) is 1.88. The van der Waals surface area contributed by atoms with Crippen LogP contribution in [0.3, 0.4) is 0 Å². The first-order valence-corrected chi connectivity index (χ1v) is 3.73. The molecule has 1 radical (unpaired) electrons. The Balaban J connectivity index is 2.94. The van der Waals surface area contributed by atoms with E-state index in [1.54, 1.807) is 12.3 Å². The van der Waals surface area contributed by atoms with Crippen LogP contribution in [-0.2, 0) is 0 Å². The van der Waals surface area contributed by atoms with Gasteiger partial charge < -0.3 is 0 Å².